The van der Waals surface area contributed by atoms with Crippen molar-refractivity contribution in [2.24, 2.45) is 0 Å². The highest BCUT2D eigenvalue weighted by atomic mass is 16.5. The maximum Gasteiger partial charge on any atom is 0.251 e. The smallest absolute Gasteiger partial charge is 0.251 e. The molecule has 0 unspecified atom stereocenters. The van der Waals surface area contributed by atoms with Gasteiger partial charge in [-0.2, -0.15) is 0 Å². The Morgan fingerprint density at radius 3 is 2.76 bits per heavy atom. The van der Waals surface area contributed by atoms with Gasteiger partial charge in [0.2, 0.25) is 0 Å². The molecule has 0 atom stereocenters. The largest absolute Gasteiger partial charge is 0.381 e. The zero-order chi connectivity index (χ0) is 15.2. The topological polar surface area (TPSA) is 63.2 Å². The van der Waals surface area contributed by atoms with Crippen molar-refractivity contribution in [3.05, 3.63) is 23.4 Å². The molecule has 0 saturated heterocycles. The minimum Gasteiger partial charge on any atom is -0.381 e. The normalized spacial score (nSPS) is 20.7. The monoisotopic (exact) mass is 291 g/mol. The lowest BCUT2D eigenvalue weighted by molar-refractivity contribution is 0.0176. The number of carbonyl (C=O) groups is 1. The van der Waals surface area contributed by atoms with E-state index in [0.29, 0.717) is 11.7 Å². The van der Waals surface area contributed by atoms with Gasteiger partial charge >= 0.3 is 0 Å². The number of nitrogens with zero attached hydrogens (tertiary/aromatic N) is 1. The van der Waals surface area contributed by atoms with Crippen LogP contribution in [0.1, 0.15) is 49.2 Å². The number of rotatable bonds is 7. The minimum absolute atomic E-state index is 0.0199. The summed E-state index contributed by atoms with van der Waals surface area (Å²) in [6.45, 7) is 4.93. The zero-order valence-corrected chi connectivity index (χ0v) is 13.1. The first-order chi connectivity index (χ1) is 10.2. The number of amides is 1. The zero-order valence-electron chi connectivity index (χ0n) is 13.1. The summed E-state index contributed by atoms with van der Waals surface area (Å²) in [7, 11) is 1.71. The number of aryl methyl sites for hydroxylation is 1. The molecule has 0 aliphatic heterocycles. The molecule has 1 aliphatic carbocycles. The fourth-order valence-corrected chi connectivity index (χ4v) is 2.52. The molecule has 116 valence electrons. The number of nitrogens with one attached hydrogen (secondary N) is 2. The Labute approximate surface area is 126 Å². The molecule has 0 radical (unpaired) electrons. The second-order valence-electron chi connectivity index (χ2n) is 5.51. The number of aromatic nitrogens is 1. The molecule has 1 aromatic rings. The first-order valence-corrected chi connectivity index (χ1v) is 7.74. The van der Waals surface area contributed by atoms with E-state index < -0.39 is 0 Å². The van der Waals surface area contributed by atoms with Gasteiger partial charge in [0.15, 0.2) is 0 Å². The fraction of sp³-hybridized carbons (Fsp3) is 0.625. The highest BCUT2D eigenvalue weighted by Gasteiger charge is 2.30. The first-order valence-electron chi connectivity index (χ1n) is 7.74. The molecular weight excluding hydrogens is 266 g/mol. The molecule has 1 saturated carbocycles. The molecular formula is C16H25N3O2. The van der Waals surface area contributed by atoms with Gasteiger partial charge in [0.25, 0.3) is 5.91 Å². The molecule has 5 nitrogen and oxygen atoms in total. The number of hydrogen-bond donors (Lipinski definition) is 2. The summed E-state index contributed by atoms with van der Waals surface area (Å²) in [4.78, 5) is 16.9. The van der Waals surface area contributed by atoms with Crippen LogP contribution in [0.3, 0.4) is 0 Å². The maximum absolute atomic E-state index is 12.3. The number of pyridine rings is 1. The summed E-state index contributed by atoms with van der Waals surface area (Å²) in [5.74, 6) is 0.755. The molecule has 5 heteroatoms. The Morgan fingerprint density at radius 1 is 1.38 bits per heavy atom. The summed E-state index contributed by atoms with van der Waals surface area (Å²) in [5.41, 5.74) is 1.65. The van der Waals surface area contributed by atoms with Crippen LogP contribution in [0.15, 0.2) is 12.1 Å². The van der Waals surface area contributed by atoms with Gasteiger partial charge in [0.05, 0.1) is 6.10 Å². The third-order valence-corrected chi connectivity index (χ3v) is 3.77. The van der Waals surface area contributed by atoms with Crippen molar-refractivity contribution in [1.29, 1.82) is 0 Å². The van der Waals surface area contributed by atoms with Gasteiger partial charge in [-0.3, -0.25) is 4.79 Å². The third kappa shape index (κ3) is 4.17. The SMILES string of the molecule is CCCc1cc(C(=O)NC2CC(OC)C2)cc(NCC)n1. The number of anilines is 1. The van der Waals surface area contributed by atoms with Crippen molar-refractivity contribution in [2.75, 3.05) is 19.0 Å². The first kappa shape index (κ1) is 15.8. The van der Waals surface area contributed by atoms with E-state index in [0.717, 1.165) is 43.7 Å². The van der Waals surface area contributed by atoms with Gasteiger partial charge in [-0.1, -0.05) is 13.3 Å². The summed E-state index contributed by atoms with van der Waals surface area (Å²) in [6, 6.07) is 3.95. The van der Waals surface area contributed by atoms with Crippen LogP contribution in [0.5, 0.6) is 0 Å². The Balaban J connectivity index is 2.04. The predicted molar refractivity (Wildman–Crippen MR) is 83.7 cm³/mol. The number of ether oxygens (including phenoxy) is 1. The lowest BCUT2D eigenvalue weighted by atomic mass is 9.89. The lowest BCUT2D eigenvalue weighted by Gasteiger charge is -2.34. The number of hydrogen-bond acceptors (Lipinski definition) is 4. The molecule has 1 fully saturated rings. The molecule has 21 heavy (non-hydrogen) atoms. The molecule has 0 bridgehead atoms. The molecule has 1 heterocycles. The Kier molecular flexibility index (Phi) is 5.56. The van der Waals surface area contributed by atoms with Gasteiger partial charge in [0.1, 0.15) is 5.82 Å². The van der Waals surface area contributed by atoms with Crippen molar-refractivity contribution in [3.8, 4) is 0 Å². The summed E-state index contributed by atoms with van der Waals surface area (Å²) >= 11 is 0. The molecule has 2 rings (SSSR count). The van der Waals surface area contributed by atoms with Crippen molar-refractivity contribution in [1.82, 2.24) is 10.3 Å². The van der Waals surface area contributed by atoms with Crippen LogP contribution in [0.2, 0.25) is 0 Å². The predicted octanol–water partition coefficient (Wildman–Crippen LogP) is 2.37. The van der Waals surface area contributed by atoms with Crippen molar-refractivity contribution < 1.29 is 9.53 Å². The van der Waals surface area contributed by atoms with E-state index in [1.54, 1.807) is 7.11 Å². The van der Waals surface area contributed by atoms with Crippen LogP contribution in [-0.2, 0) is 11.2 Å². The van der Waals surface area contributed by atoms with Gasteiger partial charge in [-0.05, 0) is 38.3 Å². The fourth-order valence-electron chi connectivity index (χ4n) is 2.52. The molecule has 1 aromatic heterocycles. The van der Waals surface area contributed by atoms with E-state index in [1.807, 2.05) is 19.1 Å². The number of carbonyl (C=O) groups excluding carboxylic acids is 1. The lowest BCUT2D eigenvalue weighted by Crippen LogP contribution is -2.47. The van der Waals surface area contributed by atoms with E-state index in [2.05, 4.69) is 22.5 Å². The van der Waals surface area contributed by atoms with E-state index in [9.17, 15) is 4.79 Å². The second-order valence-corrected chi connectivity index (χ2v) is 5.51. The molecule has 1 aliphatic rings. The quantitative estimate of drug-likeness (QED) is 0.809. The summed E-state index contributed by atoms with van der Waals surface area (Å²) < 4.78 is 5.23. The van der Waals surface area contributed by atoms with Crippen LogP contribution in [0, 0.1) is 0 Å². The van der Waals surface area contributed by atoms with Crippen molar-refractivity contribution >= 4 is 11.7 Å². The van der Waals surface area contributed by atoms with Gasteiger partial charge in [-0.25, -0.2) is 4.98 Å². The van der Waals surface area contributed by atoms with Gasteiger partial charge in [0, 0.05) is 31.0 Å². The highest BCUT2D eigenvalue weighted by molar-refractivity contribution is 5.95. The maximum atomic E-state index is 12.3. The van der Waals surface area contributed by atoms with Gasteiger partial charge in [-0.15, -0.1) is 0 Å². The molecule has 2 N–H and O–H groups in total. The molecule has 0 spiro atoms. The van der Waals surface area contributed by atoms with Crippen LogP contribution in [0.4, 0.5) is 5.82 Å². The average molecular weight is 291 g/mol. The highest BCUT2D eigenvalue weighted by Crippen LogP contribution is 2.23. The average Bonchev–Trinajstić information content (AvgIpc) is 2.42. The second kappa shape index (κ2) is 7.41. The van der Waals surface area contributed by atoms with E-state index in [-0.39, 0.29) is 11.9 Å². The van der Waals surface area contributed by atoms with E-state index in [4.69, 9.17) is 4.74 Å². The van der Waals surface area contributed by atoms with Crippen LogP contribution in [0.25, 0.3) is 0 Å². The standard InChI is InChI=1S/C16H25N3O2/c1-4-6-12-7-11(8-15(18-12)17-5-2)16(20)19-13-9-14(10-13)21-3/h7-8,13-14H,4-6,9-10H2,1-3H3,(H,17,18)(H,19,20). The Hall–Kier alpha value is -1.62. The van der Waals surface area contributed by atoms with E-state index >= 15 is 0 Å². The van der Waals surface area contributed by atoms with E-state index in [1.165, 1.54) is 0 Å². The van der Waals surface area contributed by atoms with Crippen LogP contribution >= 0.6 is 0 Å². The molecule has 0 aromatic carbocycles. The molecule has 1 amide bonds. The van der Waals surface area contributed by atoms with Crippen LogP contribution < -0.4 is 10.6 Å². The summed E-state index contributed by atoms with van der Waals surface area (Å²) in [5, 5.41) is 6.25. The third-order valence-electron chi connectivity index (χ3n) is 3.77. The summed E-state index contributed by atoms with van der Waals surface area (Å²) in [6.07, 6.45) is 3.99. The Morgan fingerprint density at radius 2 is 2.14 bits per heavy atom. The minimum atomic E-state index is -0.0199. The number of methoxy groups -OCH3 is 1. The van der Waals surface area contributed by atoms with Gasteiger partial charge < -0.3 is 15.4 Å². The van der Waals surface area contributed by atoms with Crippen molar-refractivity contribution in [3.63, 3.8) is 0 Å². The van der Waals surface area contributed by atoms with Crippen LogP contribution in [-0.4, -0.2) is 36.7 Å². The van der Waals surface area contributed by atoms with Crippen molar-refractivity contribution in [2.45, 2.75) is 51.7 Å². The Bertz CT molecular complexity index is 460.